The second-order valence-corrected chi connectivity index (χ2v) is 4.32. The van der Waals surface area contributed by atoms with Crippen LogP contribution in [0.25, 0.3) is 0 Å². The van der Waals surface area contributed by atoms with Gasteiger partial charge in [0.15, 0.2) is 0 Å². The van der Waals surface area contributed by atoms with Crippen molar-refractivity contribution in [2.45, 2.75) is 31.8 Å². The summed E-state index contributed by atoms with van der Waals surface area (Å²) in [6.07, 6.45) is 0. The Morgan fingerprint density at radius 3 is 2.62 bits per heavy atom. The Kier molecular flexibility index (Phi) is 2.63. The molecule has 0 saturated carbocycles. The van der Waals surface area contributed by atoms with Crippen LogP contribution in [-0.2, 0) is 14.3 Å². The number of methoxy groups -OCH3 is 1. The molecule has 1 heterocycles. The molecule has 0 aromatic heterocycles. The minimum atomic E-state index is -0.620. The Balaban J connectivity index is 2.69. The Labute approximate surface area is 78.6 Å². The highest BCUT2D eigenvalue weighted by Crippen LogP contribution is 2.20. The van der Waals surface area contributed by atoms with Crippen LogP contribution in [0, 0.1) is 0 Å². The van der Waals surface area contributed by atoms with Crippen LogP contribution in [0.3, 0.4) is 0 Å². The summed E-state index contributed by atoms with van der Waals surface area (Å²) in [5, 5.41) is 3.22. The zero-order valence-electron chi connectivity index (χ0n) is 8.64. The average molecular weight is 187 g/mol. The van der Waals surface area contributed by atoms with Crippen molar-refractivity contribution in [3.8, 4) is 0 Å². The maximum Gasteiger partial charge on any atom is 0.325 e. The van der Waals surface area contributed by atoms with Gasteiger partial charge in [-0.25, -0.2) is 0 Å². The van der Waals surface area contributed by atoms with Gasteiger partial charge in [-0.1, -0.05) is 0 Å². The average Bonchev–Trinajstić information content (AvgIpc) is 1.97. The molecule has 0 aromatic carbocycles. The number of esters is 1. The summed E-state index contributed by atoms with van der Waals surface area (Å²) in [5.41, 5.74) is -0.891. The lowest BCUT2D eigenvalue weighted by Crippen LogP contribution is -2.66. The van der Waals surface area contributed by atoms with E-state index >= 15 is 0 Å². The minimum Gasteiger partial charge on any atom is -0.462 e. The molecule has 1 aliphatic rings. The molecule has 1 aliphatic heterocycles. The zero-order valence-corrected chi connectivity index (χ0v) is 8.64. The van der Waals surface area contributed by atoms with E-state index in [1.54, 1.807) is 7.11 Å². The van der Waals surface area contributed by atoms with Crippen molar-refractivity contribution in [2.24, 2.45) is 0 Å². The molecule has 1 atom stereocenters. The van der Waals surface area contributed by atoms with Crippen molar-refractivity contribution in [3.05, 3.63) is 0 Å². The number of ether oxygens (including phenoxy) is 2. The molecule has 1 fully saturated rings. The third-order valence-corrected chi connectivity index (χ3v) is 2.11. The van der Waals surface area contributed by atoms with Crippen LogP contribution < -0.4 is 5.32 Å². The van der Waals surface area contributed by atoms with Crippen LogP contribution in [0.1, 0.15) is 20.8 Å². The van der Waals surface area contributed by atoms with Gasteiger partial charge in [-0.2, -0.15) is 0 Å². The molecule has 0 radical (unpaired) electrons. The number of hydrogen-bond donors (Lipinski definition) is 1. The van der Waals surface area contributed by atoms with Crippen LogP contribution >= 0.6 is 0 Å². The topological polar surface area (TPSA) is 47.6 Å². The van der Waals surface area contributed by atoms with Crippen LogP contribution in [0.4, 0.5) is 0 Å². The van der Waals surface area contributed by atoms with Gasteiger partial charge >= 0.3 is 5.97 Å². The van der Waals surface area contributed by atoms with Crippen molar-refractivity contribution < 1.29 is 14.3 Å². The SMILES string of the molecule is COCC1(C)COC(=O)C(C)(C)N1. The molecule has 1 N–H and O–H groups in total. The molecule has 4 nitrogen and oxygen atoms in total. The second-order valence-electron chi connectivity index (χ2n) is 4.32. The Morgan fingerprint density at radius 1 is 1.54 bits per heavy atom. The molecular formula is C9H17NO3. The summed E-state index contributed by atoms with van der Waals surface area (Å²) in [7, 11) is 1.64. The molecule has 4 heteroatoms. The molecular weight excluding hydrogens is 170 g/mol. The van der Waals surface area contributed by atoms with E-state index < -0.39 is 5.54 Å². The number of carbonyl (C=O) groups excluding carboxylic acids is 1. The lowest BCUT2D eigenvalue weighted by molar-refractivity contribution is -0.162. The summed E-state index contributed by atoms with van der Waals surface area (Å²) >= 11 is 0. The smallest absolute Gasteiger partial charge is 0.325 e. The number of rotatable bonds is 2. The largest absolute Gasteiger partial charge is 0.462 e. The van der Waals surface area contributed by atoms with E-state index in [0.29, 0.717) is 13.2 Å². The highest BCUT2D eigenvalue weighted by molar-refractivity contribution is 5.80. The number of cyclic esters (lactones) is 1. The fraction of sp³-hybridized carbons (Fsp3) is 0.889. The molecule has 76 valence electrons. The van der Waals surface area contributed by atoms with Gasteiger partial charge in [0.2, 0.25) is 0 Å². The molecule has 0 spiro atoms. The van der Waals surface area contributed by atoms with E-state index in [9.17, 15) is 4.79 Å². The normalized spacial score (nSPS) is 32.8. The van der Waals surface area contributed by atoms with E-state index in [0.717, 1.165) is 0 Å². The quantitative estimate of drug-likeness (QED) is 0.632. The molecule has 0 bridgehead atoms. The van der Waals surface area contributed by atoms with Crippen LogP contribution in [-0.4, -0.2) is 37.4 Å². The van der Waals surface area contributed by atoms with Crippen molar-refractivity contribution in [1.29, 1.82) is 0 Å². The van der Waals surface area contributed by atoms with E-state index in [1.807, 2.05) is 20.8 Å². The summed E-state index contributed by atoms with van der Waals surface area (Å²) in [4.78, 5) is 11.3. The molecule has 1 rings (SSSR count). The van der Waals surface area contributed by atoms with Gasteiger partial charge in [0.1, 0.15) is 12.1 Å². The van der Waals surface area contributed by atoms with Gasteiger partial charge in [0, 0.05) is 7.11 Å². The summed E-state index contributed by atoms with van der Waals surface area (Å²) in [5.74, 6) is -0.207. The Morgan fingerprint density at radius 2 is 2.15 bits per heavy atom. The van der Waals surface area contributed by atoms with Crippen LogP contribution in [0.2, 0.25) is 0 Å². The minimum absolute atomic E-state index is 0.207. The van der Waals surface area contributed by atoms with Crippen molar-refractivity contribution in [1.82, 2.24) is 5.32 Å². The molecule has 0 amide bonds. The Bertz CT molecular complexity index is 215. The van der Waals surface area contributed by atoms with Crippen LogP contribution in [0.5, 0.6) is 0 Å². The van der Waals surface area contributed by atoms with Crippen molar-refractivity contribution in [2.75, 3.05) is 20.3 Å². The van der Waals surface area contributed by atoms with E-state index in [4.69, 9.17) is 9.47 Å². The first kappa shape index (κ1) is 10.5. The maximum atomic E-state index is 11.3. The number of nitrogens with one attached hydrogen (secondary N) is 1. The summed E-state index contributed by atoms with van der Waals surface area (Å²) in [6, 6.07) is 0. The van der Waals surface area contributed by atoms with E-state index in [-0.39, 0.29) is 11.5 Å². The first-order valence-corrected chi connectivity index (χ1v) is 4.35. The van der Waals surface area contributed by atoms with Gasteiger partial charge in [0.25, 0.3) is 0 Å². The number of carbonyl (C=O) groups is 1. The van der Waals surface area contributed by atoms with Gasteiger partial charge < -0.3 is 9.47 Å². The third kappa shape index (κ3) is 2.19. The first-order chi connectivity index (χ1) is 5.90. The highest BCUT2D eigenvalue weighted by Gasteiger charge is 2.43. The zero-order chi connectivity index (χ0) is 10.1. The summed E-state index contributed by atoms with van der Waals surface area (Å²) in [6.45, 7) is 6.49. The molecule has 1 saturated heterocycles. The van der Waals surface area contributed by atoms with Crippen molar-refractivity contribution >= 4 is 5.97 Å². The predicted octanol–water partition coefficient (Wildman–Crippen LogP) is 0.317. The fourth-order valence-corrected chi connectivity index (χ4v) is 1.64. The maximum absolute atomic E-state index is 11.3. The van der Waals surface area contributed by atoms with Gasteiger partial charge in [-0.15, -0.1) is 0 Å². The highest BCUT2D eigenvalue weighted by atomic mass is 16.5. The van der Waals surface area contributed by atoms with E-state index in [2.05, 4.69) is 5.32 Å². The second kappa shape index (κ2) is 3.27. The lowest BCUT2D eigenvalue weighted by atomic mass is 9.94. The molecule has 0 aromatic rings. The lowest BCUT2D eigenvalue weighted by Gasteiger charge is -2.42. The Hall–Kier alpha value is -0.610. The number of hydrogen-bond acceptors (Lipinski definition) is 4. The van der Waals surface area contributed by atoms with E-state index in [1.165, 1.54) is 0 Å². The van der Waals surface area contributed by atoms with Crippen LogP contribution in [0.15, 0.2) is 0 Å². The standard InChI is InChI=1S/C9H17NO3/c1-8(2)7(11)13-6-9(3,10-8)5-12-4/h10H,5-6H2,1-4H3. The van der Waals surface area contributed by atoms with Gasteiger partial charge in [-0.05, 0) is 20.8 Å². The summed E-state index contributed by atoms with van der Waals surface area (Å²) < 4.78 is 10.1. The first-order valence-electron chi connectivity index (χ1n) is 4.35. The number of morpholine rings is 1. The monoisotopic (exact) mass is 187 g/mol. The molecule has 13 heavy (non-hydrogen) atoms. The molecule has 1 unspecified atom stereocenters. The van der Waals surface area contributed by atoms with Gasteiger partial charge in [-0.3, -0.25) is 10.1 Å². The third-order valence-electron chi connectivity index (χ3n) is 2.11. The van der Waals surface area contributed by atoms with Gasteiger partial charge in [0.05, 0.1) is 12.1 Å². The molecule has 0 aliphatic carbocycles. The predicted molar refractivity (Wildman–Crippen MR) is 48.5 cm³/mol. The van der Waals surface area contributed by atoms with Crippen molar-refractivity contribution in [3.63, 3.8) is 0 Å². The fourth-order valence-electron chi connectivity index (χ4n) is 1.64.